The van der Waals surface area contributed by atoms with E-state index in [1.165, 1.54) is 12.1 Å². The fourth-order valence-electron chi connectivity index (χ4n) is 0.891. The number of benzene rings is 1. The van der Waals surface area contributed by atoms with Crippen molar-refractivity contribution in [3.8, 4) is 11.5 Å². The first-order valence-electron chi connectivity index (χ1n) is 3.45. The van der Waals surface area contributed by atoms with Crippen LogP contribution in [0.4, 0.5) is 0 Å². The second kappa shape index (κ2) is 5.83. The Balaban J connectivity index is -0.000000403. The van der Waals surface area contributed by atoms with E-state index in [-0.39, 0.29) is 59.8 Å². The van der Waals surface area contributed by atoms with Gasteiger partial charge in [0.2, 0.25) is 0 Å². The third kappa shape index (κ3) is 3.33. The minimum absolute atomic E-state index is 0. The van der Waals surface area contributed by atoms with Gasteiger partial charge in [-0.05, 0) is 30.7 Å². The Morgan fingerprint density at radius 1 is 1.25 bits per heavy atom. The van der Waals surface area contributed by atoms with Crippen molar-refractivity contribution in [2.24, 2.45) is 5.73 Å². The van der Waals surface area contributed by atoms with Crippen molar-refractivity contribution >= 4 is 45.5 Å². The molecule has 0 unspecified atom stereocenters. The summed E-state index contributed by atoms with van der Waals surface area (Å²) in [5.41, 5.74) is 6.24. The standard InChI is InChI=1S/C8H11NO2.Sr.2H/c9-4-3-6-1-2-7(10)8(11)5-6;;;/h1-2,5,10-11H,3-4,9H2;;;/q;+2;2*-1. The van der Waals surface area contributed by atoms with Crippen LogP contribution in [0.1, 0.15) is 8.42 Å². The van der Waals surface area contributed by atoms with Gasteiger partial charge in [0.05, 0.1) is 0 Å². The first-order valence-corrected chi connectivity index (χ1v) is 3.45. The molecule has 0 aliphatic heterocycles. The molecular weight excluding hydrogens is 230 g/mol. The molecule has 0 spiro atoms. The van der Waals surface area contributed by atoms with Gasteiger partial charge in [-0.1, -0.05) is 6.07 Å². The number of hydrogen-bond acceptors (Lipinski definition) is 3. The summed E-state index contributed by atoms with van der Waals surface area (Å²) in [6.07, 6.45) is 0.716. The number of hydrogen-bond donors (Lipinski definition) is 3. The van der Waals surface area contributed by atoms with Crippen LogP contribution in [0.15, 0.2) is 18.2 Å². The summed E-state index contributed by atoms with van der Waals surface area (Å²) in [7, 11) is 0. The van der Waals surface area contributed by atoms with Crippen molar-refractivity contribution in [2.75, 3.05) is 6.54 Å². The van der Waals surface area contributed by atoms with Crippen molar-refractivity contribution in [3.05, 3.63) is 23.8 Å². The third-order valence-corrected chi connectivity index (χ3v) is 1.47. The van der Waals surface area contributed by atoms with Crippen LogP contribution < -0.4 is 5.73 Å². The fourth-order valence-corrected chi connectivity index (χ4v) is 0.891. The van der Waals surface area contributed by atoms with E-state index in [2.05, 4.69) is 0 Å². The van der Waals surface area contributed by atoms with Crippen LogP contribution in [0.2, 0.25) is 0 Å². The zero-order valence-electron chi connectivity index (χ0n) is 8.83. The second-order valence-corrected chi connectivity index (χ2v) is 2.36. The van der Waals surface area contributed by atoms with Crippen LogP contribution in [0.5, 0.6) is 11.5 Å². The van der Waals surface area contributed by atoms with Gasteiger partial charge < -0.3 is 18.8 Å². The van der Waals surface area contributed by atoms with Crippen LogP contribution in [0, 0.1) is 0 Å². The Kier molecular flexibility index (Phi) is 5.96. The summed E-state index contributed by atoms with van der Waals surface area (Å²) in [4.78, 5) is 0. The van der Waals surface area contributed by atoms with Crippen LogP contribution >= 0.6 is 0 Å². The molecule has 0 saturated carbocycles. The number of phenolic OH excluding ortho intramolecular Hbond substituents is 2. The maximum Gasteiger partial charge on any atom is 2.00 e. The van der Waals surface area contributed by atoms with Crippen LogP contribution in [-0.4, -0.2) is 62.2 Å². The molecule has 0 aliphatic carbocycles. The molecule has 4 heteroatoms. The molecule has 0 aromatic heterocycles. The van der Waals surface area contributed by atoms with E-state index in [0.717, 1.165) is 5.56 Å². The first kappa shape index (κ1) is 12.3. The molecule has 0 heterocycles. The molecule has 1 aromatic carbocycles. The number of rotatable bonds is 2. The third-order valence-electron chi connectivity index (χ3n) is 1.47. The van der Waals surface area contributed by atoms with Crippen molar-refractivity contribution < 1.29 is 13.1 Å². The normalized spacial score (nSPS) is 9.08. The molecule has 0 fully saturated rings. The molecule has 4 N–H and O–H groups in total. The number of phenols is 2. The van der Waals surface area contributed by atoms with Gasteiger partial charge in [-0.25, -0.2) is 0 Å². The maximum atomic E-state index is 9.04. The van der Waals surface area contributed by atoms with Gasteiger partial charge in [-0.3, -0.25) is 0 Å². The first-order chi connectivity index (χ1) is 5.24. The topological polar surface area (TPSA) is 66.5 Å². The number of aromatic hydroxyl groups is 2. The quantitative estimate of drug-likeness (QED) is 0.521. The summed E-state index contributed by atoms with van der Waals surface area (Å²) in [6.45, 7) is 0.546. The molecule has 0 aliphatic rings. The second-order valence-electron chi connectivity index (χ2n) is 2.36. The molecule has 12 heavy (non-hydrogen) atoms. The van der Waals surface area contributed by atoms with E-state index in [0.29, 0.717) is 13.0 Å². The van der Waals surface area contributed by atoms with Gasteiger partial charge >= 0.3 is 45.5 Å². The van der Waals surface area contributed by atoms with E-state index in [1.807, 2.05) is 0 Å². The maximum absolute atomic E-state index is 9.04. The van der Waals surface area contributed by atoms with Gasteiger partial charge in [-0.15, -0.1) is 0 Å². The largest absolute Gasteiger partial charge is 2.00 e. The summed E-state index contributed by atoms with van der Waals surface area (Å²) in [5.74, 6) is -0.179. The minimum atomic E-state index is -0.0919. The summed E-state index contributed by atoms with van der Waals surface area (Å²) >= 11 is 0. The molecule has 3 nitrogen and oxygen atoms in total. The Morgan fingerprint density at radius 2 is 1.92 bits per heavy atom. The summed E-state index contributed by atoms with van der Waals surface area (Å²) < 4.78 is 0. The zero-order valence-corrected chi connectivity index (χ0v) is 10.3. The Hall–Kier alpha value is 0.261. The van der Waals surface area contributed by atoms with E-state index < -0.39 is 0 Å². The Bertz CT molecular complexity index is 261. The van der Waals surface area contributed by atoms with Crippen LogP contribution in [-0.2, 0) is 6.42 Å². The SMILES string of the molecule is NCCc1ccc(O)c(O)c1.[H-].[H-].[Sr+2]. The predicted octanol–water partition coefficient (Wildman–Crippen LogP) is 0.443. The molecule has 1 aromatic rings. The molecule has 0 atom stereocenters. The molecular formula is C8H13NO2Sr. The van der Waals surface area contributed by atoms with Crippen LogP contribution in [0.3, 0.4) is 0 Å². The van der Waals surface area contributed by atoms with Crippen molar-refractivity contribution in [3.63, 3.8) is 0 Å². The molecule has 0 saturated heterocycles. The van der Waals surface area contributed by atoms with E-state index in [4.69, 9.17) is 15.9 Å². The minimum Gasteiger partial charge on any atom is -1.00 e. The fraction of sp³-hybridized carbons (Fsp3) is 0.250. The summed E-state index contributed by atoms with van der Waals surface area (Å²) in [5, 5.41) is 18.0. The smallest absolute Gasteiger partial charge is 1.00 e. The van der Waals surface area contributed by atoms with Gasteiger partial charge in [-0.2, -0.15) is 0 Å². The monoisotopic (exact) mass is 243 g/mol. The van der Waals surface area contributed by atoms with Gasteiger partial charge in [0.25, 0.3) is 0 Å². The van der Waals surface area contributed by atoms with E-state index >= 15 is 0 Å². The average molecular weight is 243 g/mol. The van der Waals surface area contributed by atoms with Crippen molar-refractivity contribution in [2.45, 2.75) is 6.42 Å². The van der Waals surface area contributed by atoms with Crippen molar-refractivity contribution in [1.82, 2.24) is 0 Å². The van der Waals surface area contributed by atoms with Crippen molar-refractivity contribution in [1.29, 1.82) is 0 Å². The van der Waals surface area contributed by atoms with E-state index in [1.54, 1.807) is 6.07 Å². The summed E-state index contributed by atoms with van der Waals surface area (Å²) in [6, 6.07) is 4.71. The average Bonchev–Trinajstić information content (AvgIpc) is 1.98. The Morgan fingerprint density at radius 3 is 2.42 bits per heavy atom. The van der Waals surface area contributed by atoms with Gasteiger partial charge in [0, 0.05) is 0 Å². The molecule has 0 amide bonds. The molecule has 64 valence electrons. The van der Waals surface area contributed by atoms with Gasteiger partial charge in [0.1, 0.15) is 0 Å². The zero-order chi connectivity index (χ0) is 8.27. The number of nitrogens with two attached hydrogens (primary N) is 1. The van der Waals surface area contributed by atoms with Crippen LogP contribution in [0.25, 0.3) is 0 Å². The predicted molar refractivity (Wildman–Crippen MR) is 50.5 cm³/mol. The molecule has 0 radical (unpaired) electrons. The molecule has 1 rings (SSSR count). The van der Waals surface area contributed by atoms with E-state index in [9.17, 15) is 0 Å². The molecule has 0 bridgehead atoms. The Labute approximate surface area is 111 Å². The van der Waals surface area contributed by atoms with Gasteiger partial charge in [0.15, 0.2) is 11.5 Å².